The molecular weight excluding hydrogens is 750 g/mol. The molecule has 16 nitrogen and oxygen atoms in total. The highest BCUT2D eigenvalue weighted by molar-refractivity contribution is 5.87. The number of cyclic esters (lactones) is 1. The van der Waals surface area contributed by atoms with Gasteiger partial charge in [0.15, 0.2) is 11.9 Å². The molecule has 6 rings (SSSR count). The van der Waals surface area contributed by atoms with E-state index in [1.54, 1.807) is 38.5 Å². The van der Waals surface area contributed by atoms with E-state index >= 15 is 0 Å². The van der Waals surface area contributed by atoms with Crippen molar-refractivity contribution in [3.63, 3.8) is 0 Å². The highest BCUT2D eigenvalue weighted by atomic mass is 16.7. The van der Waals surface area contributed by atoms with Crippen molar-refractivity contribution in [3.8, 4) is 0 Å². The van der Waals surface area contributed by atoms with Crippen LogP contribution in [0.5, 0.6) is 0 Å². The van der Waals surface area contributed by atoms with Crippen LogP contribution in [0.2, 0.25) is 0 Å². The summed E-state index contributed by atoms with van der Waals surface area (Å²) in [7, 11) is 3.80. The summed E-state index contributed by atoms with van der Waals surface area (Å²) in [5.41, 5.74) is -0.292. The van der Waals surface area contributed by atoms with Crippen molar-refractivity contribution in [1.29, 1.82) is 0 Å². The summed E-state index contributed by atoms with van der Waals surface area (Å²) < 4.78 is 39.0. The lowest BCUT2D eigenvalue weighted by atomic mass is 9.70. The first-order chi connectivity index (χ1) is 27.5. The van der Waals surface area contributed by atoms with Gasteiger partial charge in [0.2, 0.25) is 0 Å². The number of likely N-dealkylation sites (N-methyl/N-ethyl adjacent to an activating group) is 1. The van der Waals surface area contributed by atoms with Gasteiger partial charge in [-0.1, -0.05) is 32.9 Å². The number of aliphatic hydroxyl groups excluding tert-OH is 1. The third-order valence-corrected chi connectivity index (χ3v) is 12.9. The summed E-state index contributed by atoms with van der Waals surface area (Å²) in [5.74, 6) is -4.32. The average molecular weight is 812 g/mol. The Morgan fingerprint density at radius 3 is 2.45 bits per heavy atom. The van der Waals surface area contributed by atoms with Crippen molar-refractivity contribution in [1.82, 2.24) is 19.9 Å². The molecule has 58 heavy (non-hydrogen) atoms. The van der Waals surface area contributed by atoms with Gasteiger partial charge in [-0.2, -0.15) is 0 Å². The maximum Gasteiger partial charge on any atom is 0.311 e. The Labute approximate surface area is 340 Å². The van der Waals surface area contributed by atoms with Gasteiger partial charge in [0.05, 0.1) is 49.5 Å². The molecule has 2 aromatic rings. The van der Waals surface area contributed by atoms with E-state index in [1.165, 1.54) is 0 Å². The highest BCUT2D eigenvalue weighted by Gasteiger charge is 2.57. The number of rotatable bonds is 7. The van der Waals surface area contributed by atoms with Crippen LogP contribution in [0.3, 0.4) is 0 Å². The molecule has 0 aromatic carbocycles. The van der Waals surface area contributed by atoms with Crippen LogP contribution in [0.1, 0.15) is 86.6 Å². The molecule has 320 valence electrons. The van der Waals surface area contributed by atoms with Crippen LogP contribution in [0.15, 0.2) is 29.8 Å². The van der Waals surface area contributed by atoms with Gasteiger partial charge < -0.3 is 43.3 Å². The SMILES string of the molecule is CC[C@H]1OC(=O)[C@H](C)[C@H]2OC/C(=N/OCc3ccnc4nccnc34)CO[C@](C)(C[C@@H](C)C(=O)[C@H](C)[C@@H]3CC(=O)O[C@]13C)[C@H](O[C@@H]1O[C@H](C)C[C@H](N(C)C)[C@H]1O)[C@H]2C. The standard InChI is InChI=1S/C42H61N5O11/c1-11-31-42(8)29(17-32(48)58-42)24(4)34(49)22(2)18-41(7)37(57-40-35(50)30(47(9)10)16-23(3)55-40)25(5)36(26(6)39(51)56-31)52-20-28(21-53-41)46-54-19-27-12-13-44-38-33(27)43-14-15-45-38/h12-15,22-26,29-31,35-37,40,50H,11,16-21H2,1-10H3/b46-28-/t22-,23-,24-,25+,26-,29+,30+,31-,35-,36+,37-,40+,41-,42+/m1/s1. The number of carbonyl (C=O) groups is 3. The van der Waals surface area contributed by atoms with Crippen LogP contribution in [0, 0.1) is 29.6 Å². The molecule has 4 aliphatic heterocycles. The average Bonchev–Trinajstić information content (AvgIpc) is 3.52. The lowest BCUT2D eigenvalue weighted by Crippen LogP contribution is -2.60. The number of hydrogen-bond acceptors (Lipinski definition) is 16. The zero-order chi connectivity index (χ0) is 42.1. The summed E-state index contributed by atoms with van der Waals surface area (Å²) in [6.07, 6.45) is 1.02. The molecule has 4 aliphatic rings. The second-order valence-corrected chi connectivity index (χ2v) is 17.4. The van der Waals surface area contributed by atoms with Gasteiger partial charge in [-0.15, -0.1) is 0 Å². The predicted octanol–water partition coefficient (Wildman–Crippen LogP) is 4.04. The molecule has 2 bridgehead atoms. The molecule has 0 aliphatic carbocycles. The molecule has 1 N–H and O–H groups in total. The second-order valence-electron chi connectivity index (χ2n) is 17.4. The molecule has 14 atom stereocenters. The van der Waals surface area contributed by atoms with Crippen LogP contribution in [0.4, 0.5) is 0 Å². The topological polar surface area (TPSA) is 190 Å². The Bertz CT molecular complexity index is 1830. The monoisotopic (exact) mass is 811 g/mol. The minimum atomic E-state index is -1.25. The number of aromatic nitrogens is 3. The lowest BCUT2D eigenvalue weighted by Gasteiger charge is -2.48. The van der Waals surface area contributed by atoms with E-state index in [0.29, 0.717) is 29.7 Å². The van der Waals surface area contributed by atoms with E-state index in [0.717, 1.165) is 5.56 Å². The molecule has 0 radical (unpaired) electrons. The highest BCUT2D eigenvalue weighted by Crippen LogP contribution is 2.46. The number of ketones is 1. The van der Waals surface area contributed by atoms with E-state index < -0.39 is 83.4 Å². The van der Waals surface area contributed by atoms with Crippen molar-refractivity contribution in [3.05, 3.63) is 30.2 Å². The minimum absolute atomic E-state index is 0.0197. The van der Waals surface area contributed by atoms with Gasteiger partial charge in [-0.05, 0) is 67.1 Å². The van der Waals surface area contributed by atoms with Crippen LogP contribution < -0.4 is 0 Å². The third-order valence-electron chi connectivity index (χ3n) is 12.9. The summed E-state index contributed by atoms with van der Waals surface area (Å²) >= 11 is 0. The van der Waals surface area contributed by atoms with E-state index in [9.17, 15) is 19.5 Å². The molecule has 0 unspecified atom stereocenters. The number of nitrogens with zero attached hydrogens (tertiary/aromatic N) is 5. The molecule has 0 amide bonds. The van der Waals surface area contributed by atoms with Gasteiger partial charge in [0.25, 0.3) is 0 Å². The number of aliphatic hydroxyl groups is 1. The molecule has 0 saturated carbocycles. The summed E-state index contributed by atoms with van der Waals surface area (Å²) in [4.78, 5) is 62.7. The van der Waals surface area contributed by atoms with Crippen LogP contribution in [0.25, 0.3) is 11.2 Å². The van der Waals surface area contributed by atoms with Crippen molar-refractivity contribution >= 4 is 34.6 Å². The Hall–Kier alpha value is -3.67. The molecule has 2 aromatic heterocycles. The Morgan fingerprint density at radius 1 is 1.00 bits per heavy atom. The smallest absolute Gasteiger partial charge is 0.311 e. The maximum absolute atomic E-state index is 14.6. The fourth-order valence-electron chi connectivity index (χ4n) is 9.64. The molecule has 0 spiro atoms. The summed E-state index contributed by atoms with van der Waals surface area (Å²) in [6.45, 7) is 14.7. The normalized spacial score (nSPS) is 40.0. The van der Waals surface area contributed by atoms with E-state index in [1.807, 2.05) is 60.5 Å². The third kappa shape index (κ3) is 8.92. The zero-order valence-corrected chi connectivity index (χ0v) is 35.5. The molecule has 16 heteroatoms. The van der Waals surface area contributed by atoms with Gasteiger partial charge in [-0.25, -0.2) is 9.97 Å². The van der Waals surface area contributed by atoms with E-state index in [-0.39, 0.29) is 50.6 Å². The van der Waals surface area contributed by atoms with Gasteiger partial charge >= 0.3 is 11.9 Å². The molecule has 4 fully saturated rings. The van der Waals surface area contributed by atoms with Crippen molar-refractivity contribution in [2.24, 2.45) is 34.7 Å². The number of pyridine rings is 1. The van der Waals surface area contributed by atoms with E-state index in [4.69, 9.17) is 33.3 Å². The Balaban J connectivity index is 1.41. The number of hydrogen-bond donors (Lipinski definition) is 1. The second kappa shape index (κ2) is 17.9. The zero-order valence-electron chi connectivity index (χ0n) is 35.5. The number of carbonyl (C=O) groups excluding carboxylic acids is 3. The first kappa shape index (κ1) is 43.9. The van der Waals surface area contributed by atoms with Gasteiger partial charge in [0.1, 0.15) is 41.4 Å². The Kier molecular flexibility index (Phi) is 13.5. The van der Waals surface area contributed by atoms with E-state index in [2.05, 4.69) is 20.1 Å². The van der Waals surface area contributed by atoms with Crippen molar-refractivity contribution in [2.45, 2.75) is 142 Å². The summed E-state index contributed by atoms with van der Waals surface area (Å²) in [6, 6.07) is 1.52. The van der Waals surface area contributed by atoms with Crippen LogP contribution in [-0.4, -0.2) is 130 Å². The van der Waals surface area contributed by atoms with Crippen LogP contribution >= 0.6 is 0 Å². The summed E-state index contributed by atoms with van der Waals surface area (Å²) in [5, 5.41) is 16.2. The number of ether oxygens (including phenoxy) is 6. The van der Waals surface area contributed by atoms with Gasteiger partial charge in [-0.3, -0.25) is 19.4 Å². The van der Waals surface area contributed by atoms with Crippen LogP contribution in [-0.2, 0) is 54.2 Å². The lowest BCUT2D eigenvalue weighted by molar-refractivity contribution is -0.302. The van der Waals surface area contributed by atoms with Gasteiger partial charge in [0, 0.05) is 53.9 Å². The van der Waals surface area contributed by atoms with Crippen molar-refractivity contribution in [2.75, 3.05) is 27.3 Å². The molecule has 6 heterocycles. The first-order valence-corrected chi connectivity index (χ1v) is 20.6. The van der Waals surface area contributed by atoms with Crippen molar-refractivity contribution < 1.29 is 52.7 Å². The molecular formula is C42H61N5O11. The quantitative estimate of drug-likeness (QED) is 0.311. The Morgan fingerprint density at radius 2 is 1.72 bits per heavy atom. The number of esters is 2. The largest absolute Gasteiger partial charge is 0.458 e. The number of oxime groups is 1. The molecule has 4 saturated heterocycles. The number of Topliss-reactive ketones (excluding diaryl/α,β-unsaturated/α-hetero) is 1. The fourth-order valence-corrected chi connectivity index (χ4v) is 9.64. The minimum Gasteiger partial charge on any atom is -0.458 e. The predicted molar refractivity (Wildman–Crippen MR) is 210 cm³/mol. The number of fused-ring (bicyclic) bond motifs is 5. The fraction of sp³-hybridized carbons (Fsp3) is 0.738. The maximum atomic E-state index is 14.6. The first-order valence-electron chi connectivity index (χ1n) is 20.6.